The lowest BCUT2D eigenvalue weighted by atomic mass is 9.98. The number of anilines is 2. The first-order valence-electron chi connectivity index (χ1n) is 14.2. The van der Waals surface area contributed by atoms with E-state index in [4.69, 9.17) is 9.47 Å². The van der Waals surface area contributed by atoms with E-state index in [2.05, 4.69) is 21.2 Å². The van der Waals surface area contributed by atoms with Gasteiger partial charge in [0.2, 0.25) is 11.8 Å². The van der Waals surface area contributed by atoms with Crippen LogP contribution in [-0.2, 0) is 25.7 Å². The van der Waals surface area contributed by atoms with Gasteiger partial charge in [0.25, 0.3) is 5.91 Å². The van der Waals surface area contributed by atoms with Crippen LogP contribution in [0.15, 0.2) is 59.1 Å². The summed E-state index contributed by atoms with van der Waals surface area (Å²) in [5.41, 5.74) is 2.12. The predicted octanol–water partition coefficient (Wildman–Crippen LogP) is 5.45. The zero-order chi connectivity index (χ0) is 29.1. The number of nitrogens with zero attached hydrogens (tertiary/aromatic N) is 2. The lowest BCUT2D eigenvalue weighted by Gasteiger charge is -2.30. The summed E-state index contributed by atoms with van der Waals surface area (Å²) in [6.07, 6.45) is 1.90. The number of rotatable bonds is 7. The van der Waals surface area contributed by atoms with Crippen LogP contribution in [-0.4, -0.2) is 50.6 Å². The van der Waals surface area contributed by atoms with Gasteiger partial charge in [0.05, 0.1) is 31.6 Å². The van der Waals surface area contributed by atoms with E-state index in [0.717, 1.165) is 20.8 Å². The SMILES string of the molecule is CC[C@@H](C)C(=O)N[C@H]1CN(C(=O)C2CCOCC2)c2ccccc2N(Cc2c(OC)ccc3cc(Br)ccc23)C1=O. The highest BCUT2D eigenvalue weighted by Gasteiger charge is 2.39. The molecule has 5 rings (SSSR count). The quantitative estimate of drug-likeness (QED) is 0.379. The maximum absolute atomic E-state index is 14.4. The Morgan fingerprint density at radius 3 is 2.54 bits per heavy atom. The molecular formula is C32H36BrN3O5. The third-order valence-corrected chi connectivity index (χ3v) is 8.69. The van der Waals surface area contributed by atoms with Gasteiger partial charge < -0.3 is 24.6 Å². The highest BCUT2D eigenvalue weighted by atomic mass is 79.9. The molecule has 0 radical (unpaired) electrons. The first-order valence-corrected chi connectivity index (χ1v) is 15.0. The van der Waals surface area contributed by atoms with E-state index < -0.39 is 6.04 Å². The molecule has 0 bridgehead atoms. The number of nitrogens with one attached hydrogen (secondary N) is 1. The second-order valence-electron chi connectivity index (χ2n) is 10.7. The molecule has 9 heteroatoms. The number of carbonyl (C=O) groups is 3. The second-order valence-corrected chi connectivity index (χ2v) is 11.6. The van der Waals surface area contributed by atoms with Crippen molar-refractivity contribution in [3.63, 3.8) is 0 Å². The molecule has 1 saturated heterocycles. The van der Waals surface area contributed by atoms with Crippen LogP contribution in [0.4, 0.5) is 11.4 Å². The Morgan fingerprint density at radius 1 is 1.10 bits per heavy atom. The zero-order valence-corrected chi connectivity index (χ0v) is 25.3. The maximum atomic E-state index is 14.4. The molecule has 2 aliphatic rings. The number of halogens is 1. The molecule has 2 heterocycles. The Balaban J connectivity index is 1.62. The standard InChI is InChI=1S/C32H36BrN3O5/c1-4-20(2)30(37)34-26-19-36(31(38)21-13-15-41-16-14-21)28-8-6-5-7-27(28)35(32(26)39)18-25-24-11-10-23(33)17-22(24)9-12-29(25)40-3/h5-12,17,20-21,26H,4,13-16,18-19H2,1-3H3,(H,34,37)/t20-,26+/m1/s1. The highest BCUT2D eigenvalue weighted by molar-refractivity contribution is 9.10. The first-order chi connectivity index (χ1) is 19.8. The molecule has 3 amide bonds. The number of carbonyl (C=O) groups excluding carboxylic acids is 3. The minimum Gasteiger partial charge on any atom is -0.496 e. The molecule has 0 unspecified atom stereocenters. The van der Waals surface area contributed by atoms with Crippen molar-refractivity contribution in [2.75, 3.05) is 36.7 Å². The highest BCUT2D eigenvalue weighted by Crippen LogP contribution is 2.38. The third kappa shape index (κ3) is 5.97. The van der Waals surface area contributed by atoms with E-state index in [-0.39, 0.29) is 42.6 Å². The van der Waals surface area contributed by atoms with Gasteiger partial charge in [-0.25, -0.2) is 0 Å². The summed E-state index contributed by atoms with van der Waals surface area (Å²) in [6, 6.07) is 16.5. The number of para-hydroxylation sites is 2. The van der Waals surface area contributed by atoms with Crippen molar-refractivity contribution in [2.45, 2.75) is 45.7 Å². The zero-order valence-electron chi connectivity index (χ0n) is 23.7. The second kappa shape index (κ2) is 12.6. The summed E-state index contributed by atoms with van der Waals surface area (Å²) >= 11 is 3.55. The molecular weight excluding hydrogens is 586 g/mol. The molecule has 0 spiro atoms. The van der Waals surface area contributed by atoms with Crippen molar-refractivity contribution in [3.8, 4) is 5.75 Å². The Kier molecular flexibility index (Phi) is 8.94. The van der Waals surface area contributed by atoms with Crippen LogP contribution in [0.2, 0.25) is 0 Å². The largest absolute Gasteiger partial charge is 0.496 e. The average Bonchev–Trinajstić information content (AvgIpc) is 3.11. The van der Waals surface area contributed by atoms with Crippen LogP contribution in [0.3, 0.4) is 0 Å². The number of benzene rings is 3. The molecule has 0 aliphatic carbocycles. The van der Waals surface area contributed by atoms with Gasteiger partial charge in [-0.05, 0) is 60.4 Å². The van der Waals surface area contributed by atoms with Crippen LogP contribution in [0.25, 0.3) is 10.8 Å². The summed E-state index contributed by atoms with van der Waals surface area (Å²) in [4.78, 5) is 44.9. The number of ether oxygens (including phenoxy) is 2. The van der Waals surface area contributed by atoms with Crippen molar-refractivity contribution in [2.24, 2.45) is 11.8 Å². The monoisotopic (exact) mass is 621 g/mol. The summed E-state index contributed by atoms with van der Waals surface area (Å²) in [5.74, 6) is -0.343. The summed E-state index contributed by atoms with van der Waals surface area (Å²) in [5, 5.41) is 4.94. The van der Waals surface area contributed by atoms with Crippen molar-refractivity contribution in [1.29, 1.82) is 0 Å². The Hall–Kier alpha value is -3.43. The van der Waals surface area contributed by atoms with E-state index in [9.17, 15) is 14.4 Å². The van der Waals surface area contributed by atoms with E-state index in [0.29, 0.717) is 49.6 Å². The number of hydrogen-bond acceptors (Lipinski definition) is 5. The molecule has 3 aromatic carbocycles. The van der Waals surface area contributed by atoms with Gasteiger partial charge >= 0.3 is 0 Å². The van der Waals surface area contributed by atoms with Gasteiger partial charge in [-0.1, -0.05) is 54.0 Å². The van der Waals surface area contributed by atoms with Gasteiger partial charge in [0, 0.05) is 35.1 Å². The molecule has 41 heavy (non-hydrogen) atoms. The molecule has 1 N–H and O–H groups in total. The van der Waals surface area contributed by atoms with Gasteiger partial charge in [0.15, 0.2) is 0 Å². The normalized spacial score (nSPS) is 18.5. The molecule has 3 aromatic rings. The molecule has 0 saturated carbocycles. The number of methoxy groups -OCH3 is 1. The lowest BCUT2D eigenvalue weighted by Crippen LogP contribution is -2.54. The van der Waals surface area contributed by atoms with Crippen LogP contribution >= 0.6 is 15.9 Å². The topological polar surface area (TPSA) is 88.2 Å². The lowest BCUT2D eigenvalue weighted by molar-refractivity contribution is -0.130. The summed E-state index contributed by atoms with van der Waals surface area (Å²) < 4.78 is 12.2. The van der Waals surface area contributed by atoms with Crippen LogP contribution in [0.5, 0.6) is 5.75 Å². The van der Waals surface area contributed by atoms with Gasteiger partial charge in [-0.3, -0.25) is 14.4 Å². The molecule has 216 valence electrons. The fourth-order valence-electron chi connectivity index (χ4n) is 5.59. The molecule has 8 nitrogen and oxygen atoms in total. The van der Waals surface area contributed by atoms with E-state index >= 15 is 0 Å². The van der Waals surface area contributed by atoms with Crippen molar-refractivity contribution in [3.05, 3.63) is 64.6 Å². The smallest absolute Gasteiger partial charge is 0.251 e. The number of fused-ring (bicyclic) bond motifs is 2. The van der Waals surface area contributed by atoms with Crippen LogP contribution < -0.4 is 19.9 Å². The van der Waals surface area contributed by atoms with Crippen LogP contribution in [0, 0.1) is 11.8 Å². The first kappa shape index (κ1) is 29.1. The fraction of sp³-hybridized carbons (Fsp3) is 0.406. The van der Waals surface area contributed by atoms with Crippen molar-refractivity contribution < 1.29 is 23.9 Å². The Labute approximate surface area is 249 Å². The summed E-state index contributed by atoms with van der Waals surface area (Å²) in [7, 11) is 1.62. The minimum atomic E-state index is -0.914. The van der Waals surface area contributed by atoms with Gasteiger partial charge in [0.1, 0.15) is 11.8 Å². The minimum absolute atomic E-state index is 0.0502. The van der Waals surface area contributed by atoms with E-state index in [1.807, 2.05) is 68.4 Å². The molecule has 0 aromatic heterocycles. The van der Waals surface area contributed by atoms with E-state index in [1.54, 1.807) is 16.9 Å². The predicted molar refractivity (Wildman–Crippen MR) is 163 cm³/mol. The average molecular weight is 623 g/mol. The third-order valence-electron chi connectivity index (χ3n) is 8.19. The fourth-order valence-corrected chi connectivity index (χ4v) is 5.97. The number of amides is 3. The van der Waals surface area contributed by atoms with E-state index in [1.165, 1.54) is 0 Å². The molecule has 2 aliphatic heterocycles. The molecule has 2 atom stereocenters. The van der Waals surface area contributed by atoms with Crippen LogP contribution in [0.1, 0.15) is 38.7 Å². The van der Waals surface area contributed by atoms with Gasteiger partial charge in [-0.2, -0.15) is 0 Å². The maximum Gasteiger partial charge on any atom is 0.251 e. The Morgan fingerprint density at radius 2 is 1.83 bits per heavy atom. The molecule has 1 fully saturated rings. The number of hydrogen-bond donors (Lipinski definition) is 1. The van der Waals surface area contributed by atoms with Crippen molar-refractivity contribution >= 4 is 55.8 Å². The van der Waals surface area contributed by atoms with Gasteiger partial charge in [-0.15, -0.1) is 0 Å². The van der Waals surface area contributed by atoms with Crippen molar-refractivity contribution in [1.82, 2.24) is 5.32 Å². The Bertz CT molecular complexity index is 1450. The summed E-state index contributed by atoms with van der Waals surface area (Å²) in [6.45, 7) is 5.10.